The maximum Gasteiger partial charge on any atom is 0.261 e. The van der Waals surface area contributed by atoms with Crippen LogP contribution in [0.25, 0.3) is 0 Å². The molecule has 1 saturated heterocycles. The molecule has 1 atom stereocenters. The summed E-state index contributed by atoms with van der Waals surface area (Å²) in [5.74, 6) is 0.611. The minimum atomic E-state index is -0.154. The molecule has 5 nitrogen and oxygen atoms in total. The van der Waals surface area contributed by atoms with Gasteiger partial charge in [0.05, 0.1) is 17.7 Å². The number of hydrogen-bond donors (Lipinski definition) is 0. The first-order valence-corrected chi connectivity index (χ1v) is 10.6. The number of amides is 2. The molecular formula is C24H28N2O3. The van der Waals surface area contributed by atoms with Crippen LogP contribution in [0.3, 0.4) is 0 Å². The van der Waals surface area contributed by atoms with Gasteiger partial charge < -0.3 is 4.74 Å². The van der Waals surface area contributed by atoms with Gasteiger partial charge in [0.1, 0.15) is 5.75 Å². The Hall–Kier alpha value is -2.66. The normalized spacial score (nSPS) is 19.1. The van der Waals surface area contributed by atoms with Crippen molar-refractivity contribution in [2.75, 3.05) is 26.2 Å². The Labute approximate surface area is 172 Å². The van der Waals surface area contributed by atoms with Crippen molar-refractivity contribution in [3.05, 3.63) is 65.2 Å². The zero-order valence-corrected chi connectivity index (χ0v) is 17.0. The third-order valence-corrected chi connectivity index (χ3v) is 5.89. The van der Waals surface area contributed by atoms with Gasteiger partial charge in [-0.15, -0.1) is 0 Å². The molecule has 2 amide bonds. The van der Waals surface area contributed by atoms with E-state index in [4.69, 9.17) is 4.74 Å². The van der Waals surface area contributed by atoms with Crippen LogP contribution in [0.2, 0.25) is 0 Å². The molecule has 152 valence electrons. The van der Waals surface area contributed by atoms with E-state index in [1.807, 2.05) is 19.1 Å². The molecule has 29 heavy (non-hydrogen) atoms. The van der Waals surface area contributed by atoms with Crippen molar-refractivity contribution in [3.8, 4) is 5.75 Å². The van der Waals surface area contributed by atoms with Crippen LogP contribution < -0.4 is 4.74 Å². The van der Waals surface area contributed by atoms with Gasteiger partial charge in [-0.05, 0) is 75.5 Å². The predicted octanol–water partition coefficient (Wildman–Crippen LogP) is 4.30. The Bertz CT molecular complexity index is 843. The summed E-state index contributed by atoms with van der Waals surface area (Å²) in [6, 6.07) is 16.0. The summed E-state index contributed by atoms with van der Waals surface area (Å²) in [6.45, 7) is 5.26. The standard InChI is InChI=1S/C24H28N2O3/c1-2-29-19-13-11-18(12-14-19)22-10-7-16-25(22)15-5-6-17-26-23(27)20-8-3-4-9-21(20)24(26)28/h3-4,8-9,11-14,22H,2,5-7,10,15-17H2,1H3. The van der Waals surface area contributed by atoms with Gasteiger partial charge >= 0.3 is 0 Å². The van der Waals surface area contributed by atoms with Crippen LogP contribution in [0.5, 0.6) is 5.75 Å². The van der Waals surface area contributed by atoms with Gasteiger partial charge in [0.15, 0.2) is 0 Å². The van der Waals surface area contributed by atoms with Crippen molar-refractivity contribution in [2.24, 2.45) is 0 Å². The van der Waals surface area contributed by atoms with E-state index in [-0.39, 0.29) is 11.8 Å². The number of fused-ring (bicyclic) bond motifs is 1. The van der Waals surface area contributed by atoms with Crippen LogP contribution in [-0.4, -0.2) is 47.9 Å². The largest absolute Gasteiger partial charge is 0.494 e. The van der Waals surface area contributed by atoms with Crippen LogP contribution in [0.4, 0.5) is 0 Å². The smallest absolute Gasteiger partial charge is 0.261 e. The molecule has 4 rings (SSSR count). The maximum atomic E-state index is 12.5. The van der Waals surface area contributed by atoms with E-state index in [1.54, 1.807) is 12.1 Å². The second-order valence-corrected chi connectivity index (χ2v) is 7.71. The number of rotatable bonds is 8. The molecule has 1 unspecified atom stereocenters. The minimum absolute atomic E-state index is 0.154. The van der Waals surface area contributed by atoms with Crippen LogP contribution in [0.1, 0.15) is 64.9 Å². The molecule has 2 aliphatic rings. The van der Waals surface area contributed by atoms with E-state index in [9.17, 15) is 9.59 Å². The van der Waals surface area contributed by atoms with Crippen molar-refractivity contribution in [1.29, 1.82) is 0 Å². The van der Waals surface area contributed by atoms with E-state index < -0.39 is 0 Å². The molecule has 0 bridgehead atoms. The van der Waals surface area contributed by atoms with Crippen molar-refractivity contribution in [2.45, 2.75) is 38.6 Å². The Morgan fingerprint density at radius 3 is 2.24 bits per heavy atom. The molecule has 5 heteroatoms. The second kappa shape index (κ2) is 8.78. The number of ether oxygens (including phenoxy) is 1. The molecule has 2 aromatic carbocycles. The highest BCUT2D eigenvalue weighted by atomic mass is 16.5. The molecule has 0 aromatic heterocycles. The molecule has 2 aliphatic heterocycles. The zero-order valence-electron chi connectivity index (χ0n) is 17.0. The van der Waals surface area contributed by atoms with E-state index in [0.29, 0.717) is 30.3 Å². The maximum absolute atomic E-state index is 12.5. The first kappa shape index (κ1) is 19.6. The SMILES string of the molecule is CCOc1ccc(C2CCCN2CCCCN2C(=O)c3ccccc3C2=O)cc1. The molecule has 2 heterocycles. The summed E-state index contributed by atoms with van der Waals surface area (Å²) in [4.78, 5) is 28.8. The van der Waals surface area contributed by atoms with E-state index >= 15 is 0 Å². The lowest BCUT2D eigenvalue weighted by Gasteiger charge is -2.25. The summed E-state index contributed by atoms with van der Waals surface area (Å²) in [5.41, 5.74) is 2.41. The summed E-state index contributed by atoms with van der Waals surface area (Å²) < 4.78 is 5.55. The van der Waals surface area contributed by atoms with Gasteiger partial charge in [-0.2, -0.15) is 0 Å². The summed E-state index contributed by atoms with van der Waals surface area (Å²) in [6.07, 6.45) is 4.18. The Morgan fingerprint density at radius 2 is 1.59 bits per heavy atom. The number of unbranched alkanes of at least 4 members (excludes halogenated alkanes) is 1. The number of carbonyl (C=O) groups is 2. The first-order valence-electron chi connectivity index (χ1n) is 10.6. The Balaban J connectivity index is 1.28. The number of likely N-dealkylation sites (tertiary alicyclic amines) is 1. The van der Waals surface area contributed by atoms with E-state index in [1.165, 1.54) is 23.3 Å². The molecule has 0 spiro atoms. The Morgan fingerprint density at radius 1 is 0.931 bits per heavy atom. The van der Waals surface area contributed by atoms with Crippen LogP contribution in [0, 0.1) is 0 Å². The van der Waals surface area contributed by atoms with Crippen LogP contribution in [-0.2, 0) is 0 Å². The molecule has 0 radical (unpaired) electrons. The highest BCUT2D eigenvalue weighted by Crippen LogP contribution is 2.33. The topological polar surface area (TPSA) is 49.9 Å². The molecule has 0 aliphatic carbocycles. The number of nitrogens with zero attached hydrogens (tertiary/aromatic N) is 2. The van der Waals surface area contributed by atoms with Crippen LogP contribution in [0.15, 0.2) is 48.5 Å². The number of hydrogen-bond acceptors (Lipinski definition) is 4. The number of carbonyl (C=O) groups excluding carboxylic acids is 2. The van der Waals surface area contributed by atoms with Gasteiger partial charge in [0, 0.05) is 12.6 Å². The van der Waals surface area contributed by atoms with E-state index in [2.05, 4.69) is 29.2 Å². The fourth-order valence-corrected chi connectivity index (χ4v) is 4.45. The molecule has 1 fully saturated rings. The summed E-state index contributed by atoms with van der Waals surface area (Å²) >= 11 is 0. The van der Waals surface area contributed by atoms with Crippen molar-refractivity contribution < 1.29 is 14.3 Å². The number of imide groups is 1. The third-order valence-electron chi connectivity index (χ3n) is 5.89. The predicted molar refractivity (Wildman–Crippen MR) is 112 cm³/mol. The zero-order chi connectivity index (χ0) is 20.2. The molecule has 0 N–H and O–H groups in total. The first-order chi connectivity index (χ1) is 14.2. The third kappa shape index (κ3) is 4.06. The highest BCUT2D eigenvalue weighted by Gasteiger charge is 2.34. The van der Waals surface area contributed by atoms with Gasteiger partial charge in [-0.1, -0.05) is 24.3 Å². The van der Waals surface area contributed by atoms with E-state index in [0.717, 1.165) is 31.7 Å². The Kier molecular flexibility index (Phi) is 5.95. The fraction of sp³-hybridized carbons (Fsp3) is 0.417. The summed E-state index contributed by atoms with van der Waals surface area (Å²) in [5, 5.41) is 0. The lowest BCUT2D eigenvalue weighted by molar-refractivity contribution is 0.0650. The number of benzene rings is 2. The van der Waals surface area contributed by atoms with Crippen molar-refractivity contribution in [1.82, 2.24) is 9.80 Å². The fourth-order valence-electron chi connectivity index (χ4n) is 4.45. The average molecular weight is 392 g/mol. The lowest BCUT2D eigenvalue weighted by atomic mass is 10.0. The van der Waals surface area contributed by atoms with Gasteiger partial charge in [0.2, 0.25) is 0 Å². The lowest BCUT2D eigenvalue weighted by Crippen LogP contribution is -2.31. The van der Waals surface area contributed by atoms with Gasteiger partial charge in [-0.25, -0.2) is 0 Å². The van der Waals surface area contributed by atoms with Gasteiger partial charge in [0.25, 0.3) is 11.8 Å². The van der Waals surface area contributed by atoms with Crippen LogP contribution >= 0.6 is 0 Å². The summed E-state index contributed by atoms with van der Waals surface area (Å²) in [7, 11) is 0. The second-order valence-electron chi connectivity index (χ2n) is 7.71. The highest BCUT2D eigenvalue weighted by molar-refractivity contribution is 6.21. The van der Waals surface area contributed by atoms with Gasteiger partial charge in [-0.3, -0.25) is 19.4 Å². The monoisotopic (exact) mass is 392 g/mol. The molecular weight excluding hydrogens is 364 g/mol. The van der Waals surface area contributed by atoms with Crippen molar-refractivity contribution in [3.63, 3.8) is 0 Å². The van der Waals surface area contributed by atoms with Crippen molar-refractivity contribution >= 4 is 11.8 Å². The quantitative estimate of drug-likeness (QED) is 0.496. The molecule has 0 saturated carbocycles. The average Bonchev–Trinajstić information content (AvgIpc) is 3.30. The molecule has 2 aromatic rings. The minimum Gasteiger partial charge on any atom is -0.494 e.